The summed E-state index contributed by atoms with van der Waals surface area (Å²) in [6, 6.07) is 6.12. The molecule has 2 rings (SSSR count). The highest BCUT2D eigenvalue weighted by Gasteiger charge is 2.05. The van der Waals surface area contributed by atoms with Gasteiger partial charge in [-0.15, -0.1) is 0 Å². The molecular formula is C10H11NO. The van der Waals surface area contributed by atoms with E-state index in [0.717, 1.165) is 11.1 Å². The van der Waals surface area contributed by atoms with Crippen molar-refractivity contribution in [2.45, 2.75) is 13.5 Å². The van der Waals surface area contributed by atoms with Gasteiger partial charge in [0.2, 0.25) is 0 Å². The molecule has 0 amide bonds. The fourth-order valence-electron chi connectivity index (χ4n) is 1.51. The lowest BCUT2D eigenvalue weighted by atomic mass is 10.1. The molecule has 62 valence electrons. The summed E-state index contributed by atoms with van der Waals surface area (Å²) in [6.45, 7) is 2.53. The van der Waals surface area contributed by atoms with Crippen LogP contribution >= 0.6 is 0 Å². The zero-order valence-corrected chi connectivity index (χ0v) is 7.00. The highest BCUT2D eigenvalue weighted by atomic mass is 16.3. The second-order valence-electron chi connectivity index (χ2n) is 2.90. The molecule has 2 N–H and O–H groups in total. The van der Waals surface area contributed by atoms with Gasteiger partial charge in [0.15, 0.2) is 0 Å². The van der Waals surface area contributed by atoms with E-state index in [0.29, 0.717) is 6.54 Å². The molecule has 2 nitrogen and oxygen atoms in total. The van der Waals surface area contributed by atoms with Gasteiger partial charge < -0.3 is 10.2 Å². The van der Waals surface area contributed by atoms with E-state index in [-0.39, 0.29) is 0 Å². The molecule has 0 aliphatic heterocycles. The lowest BCUT2D eigenvalue weighted by Crippen LogP contribution is -1.94. The highest BCUT2D eigenvalue weighted by molar-refractivity contribution is 5.87. The van der Waals surface area contributed by atoms with Crippen LogP contribution in [0, 0.1) is 6.92 Å². The first-order chi connectivity index (χ1) is 5.83. The summed E-state index contributed by atoms with van der Waals surface area (Å²) in [4.78, 5) is 0. The maximum atomic E-state index is 5.54. The van der Waals surface area contributed by atoms with E-state index in [2.05, 4.69) is 13.0 Å². The molecule has 1 aromatic heterocycles. The molecule has 0 saturated heterocycles. The number of hydrogen-bond acceptors (Lipinski definition) is 2. The fraction of sp³-hybridized carbons (Fsp3) is 0.200. The van der Waals surface area contributed by atoms with E-state index in [9.17, 15) is 0 Å². The summed E-state index contributed by atoms with van der Waals surface area (Å²) in [6.07, 6.45) is 1.75. The molecule has 0 bridgehead atoms. The van der Waals surface area contributed by atoms with Gasteiger partial charge in [0.1, 0.15) is 5.76 Å². The van der Waals surface area contributed by atoms with E-state index in [1.54, 1.807) is 6.26 Å². The van der Waals surface area contributed by atoms with Crippen LogP contribution in [0.1, 0.15) is 11.3 Å². The van der Waals surface area contributed by atoms with Crippen LogP contribution in [0.4, 0.5) is 0 Å². The molecule has 0 aliphatic carbocycles. The highest BCUT2D eigenvalue weighted by Crippen LogP contribution is 2.23. The van der Waals surface area contributed by atoms with Crippen molar-refractivity contribution in [3.8, 4) is 0 Å². The van der Waals surface area contributed by atoms with Crippen molar-refractivity contribution in [1.29, 1.82) is 0 Å². The third kappa shape index (κ3) is 0.924. The lowest BCUT2D eigenvalue weighted by Gasteiger charge is -1.96. The van der Waals surface area contributed by atoms with Crippen molar-refractivity contribution in [1.82, 2.24) is 0 Å². The normalized spacial score (nSPS) is 10.8. The van der Waals surface area contributed by atoms with Crippen LogP contribution in [0.15, 0.2) is 28.9 Å². The Kier molecular flexibility index (Phi) is 1.62. The van der Waals surface area contributed by atoms with Crippen LogP contribution in [0.5, 0.6) is 0 Å². The summed E-state index contributed by atoms with van der Waals surface area (Å²) in [5, 5.41) is 2.30. The van der Waals surface area contributed by atoms with Crippen LogP contribution in [0.3, 0.4) is 0 Å². The number of benzene rings is 1. The number of rotatable bonds is 1. The monoisotopic (exact) mass is 161 g/mol. The molecule has 0 saturated carbocycles. The molecule has 0 aliphatic rings. The number of hydrogen-bond donors (Lipinski definition) is 1. The Morgan fingerprint density at radius 3 is 3.00 bits per heavy atom. The Labute approximate surface area is 71.0 Å². The predicted molar refractivity (Wildman–Crippen MR) is 48.8 cm³/mol. The maximum Gasteiger partial charge on any atom is 0.125 e. The van der Waals surface area contributed by atoms with E-state index in [1.807, 2.05) is 12.1 Å². The fourth-order valence-corrected chi connectivity index (χ4v) is 1.51. The minimum Gasteiger partial charge on any atom is -0.467 e. The zero-order valence-electron chi connectivity index (χ0n) is 7.00. The van der Waals surface area contributed by atoms with Gasteiger partial charge >= 0.3 is 0 Å². The summed E-state index contributed by atoms with van der Waals surface area (Å²) in [7, 11) is 0. The molecule has 12 heavy (non-hydrogen) atoms. The van der Waals surface area contributed by atoms with E-state index in [1.165, 1.54) is 10.9 Å². The molecule has 1 aromatic carbocycles. The van der Waals surface area contributed by atoms with Gasteiger partial charge in [-0.2, -0.15) is 0 Å². The molecule has 2 aromatic rings. The van der Waals surface area contributed by atoms with Crippen LogP contribution in [0.25, 0.3) is 10.8 Å². The van der Waals surface area contributed by atoms with Crippen LogP contribution < -0.4 is 5.73 Å². The second kappa shape index (κ2) is 2.64. The van der Waals surface area contributed by atoms with Gasteiger partial charge in [0, 0.05) is 10.8 Å². The summed E-state index contributed by atoms with van der Waals surface area (Å²) in [5.74, 6) is 0.878. The number of nitrogens with two attached hydrogens (primary N) is 1. The summed E-state index contributed by atoms with van der Waals surface area (Å²) < 4.78 is 5.32. The standard InChI is InChI=1S/C10H11NO/c1-7-3-2-4-8-6-12-9(5-11)10(7)8/h2-4,6H,5,11H2,1H3. The molecular weight excluding hydrogens is 150 g/mol. The molecule has 0 radical (unpaired) electrons. The van der Waals surface area contributed by atoms with Gasteiger partial charge in [-0.05, 0) is 12.5 Å². The molecule has 1 heterocycles. The molecule has 0 fully saturated rings. The first-order valence-electron chi connectivity index (χ1n) is 3.98. The van der Waals surface area contributed by atoms with Crippen molar-refractivity contribution < 1.29 is 4.42 Å². The molecule has 2 heteroatoms. The Morgan fingerprint density at radius 1 is 1.42 bits per heavy atom. The topological polar surface area (TPSA) is 39.2 Å². The molecule has 0 atom stereocenters. The van der Waals surface area contributed by atoms with Gasteiger partial charge in [0.25, 0.3) is 0 Å². The third-order valence-corrected chi connectivity index (χ3v) is 2.10. The third-order valence-electron chi connectivity index (χ3n) is 2.10. The Bertz CT molecular complexity index is 403. The van der Waals surface area contributed by atoms with Crippen molar-refractivity contribution in [2.24, 2.45) is 5.73 Å². The minimum absolute atomic E-state index is 0.467. The van der Waals surface area contributed by atoms with E-state index in [4.69, 9.17) is 10.2 Å². The minimum atomic E-state index is 0.467. The second-order valence-corrected chi connectivity index (χ2v) is 2.90. The van der Waals surface area contributed by atoms with Gasteiger partial charge in [0.05, 0.1) is 12.8 Å². The Balaban J connectivity index is 2.83. The van der Waals surface area contributed by atoms with Gasteiger partial charge in [-0.3, -0.25) is 0 Å². The van der Waals surface area contributed by atoms with Crippen LogP contribution in [0.2, 0.25) is 0 Å². The van der Waals surface area contributed by atoms with Crippen molar-refractivity contribution >= 4 is 10.8 Å². The lowest BCUT2D eigenvalue weighted by molar-refractivity contribution is 0.518. The average Bonchev–Trinajstić information content (AvgIpc) is 2.49. The SMILES string of the molecule is Cc1cccc2coc(CN)c12. The van der Waals surface area contributed by atoms with E-state index >= 15 is 0 Å². The first kappa shape index (κ1) is 7.37. The largest absolute Gasteiger partial charge is 0.467 e. The maximum absolute atomic E-state index is 5.54. The summed E-state index contributed by atoms with van der Waals surface area (Å²) in [5.41, 5.74) is 6.76. The average molecular weight is 161 g/mol. The van der Waals surface area contributed by atoms with Crippen LogP contribution in [-0.4, -0.2) is 0 Å². The number of fused-ring (bicyclic) bond motifs is 1. The molecule has 0 unspecified atom stereocenters. The van der Waals surface area contributed by atoms with Gasteiger partial charge in [-0.1, -0.05) is 18.2 Å². The first-order valence-corrected chi connectivity index (χ1v) is 3.98. The molecule has 0 spiro atoms. The zero-order chi connectivity index (χ0) is 8.55. The van der Waals surface area contributed by atoms with Crippen LogP contribution in [-0.2, 0) is 6.54 Å². The van der Waals surface area contributed by atoms with Crippen molar-refractivity contribution in [2.75, 3.05) is 0 Å². The van der Waals surface area contributed by atoms with Crippen molar-refractivity contribution in [3.63, 3.8) is 0 Å². The van der Waals surface area contributed by atoms with Crippen molar-refractivity contribution in [3.05, 3.63) is 35.8 Å². The summed E-state index contributed by atoms with van der Waals surface area (Å²) >= 11 is 0. The van der Waals surface area contributed by atoms with Gasteiger partial charge in [-0.25, -0.2) is 0 Å². The van der Waals surface area contributed by atoms with E-state index < -0.39 is 0 Å². The quantitative estimate of drug-likeness (QED) is 0.696. The Hall–Kier alpha value is -1.28. The smallest absolute Gasteiger partial charge is 0.125 e. The predicted octanol–water partition coefficient (Wildman–Crippen LogP) is 2.20. The number of furan rings is 1. The number of aryl methyl sites for hydroxylation is 1. The Morgan fingerprint density at radius 2 is 2.25 bits per heavy atom.